The first-order chi connectivity index (χ1) is 14.9. The number of thioether (sulfide) groups is 1. The molecule has 0 atom stereocenters. The number of anilines is 2. The molecule has 0 spiro atoms. The molecule has 2 aliphatic rings. The number of thiocarbonyl (C=S) groups is 1. The Balaban J connectivity index is 1.66. The molecule has 0 saturated carbocycles. The quantitative estimate of drug-likeness (QED) is 0.520. The van der Waals surface area contributed by atoms with E-state index < -0.39 is 11.8 Å². The molecule has 1 fully saturated rings. The lowest BCUT2D eigenvalue weighted by molar-refractivity contribution is -0.122. The Bertz CT molecular complexity index is 1150. The normalized spacial score (nSPS) is 18.1. The highest BCUT2D eigenvalue weighted by atomic mass is 35.5. The summed E-state index contributed by atoms with van der Waals surface area (Å²) < 4.78 is 0.439. The van der Waals surface area contributed by atoms with E-state index in [1.807, 2.05) is 6.92 Å². The summed E-state index contributed by atoms with van der Waals surface area (Å²) in [6, 6.07) is 14.0. The van der Waals surface area contributed by atoms with Crippen molar-refractivity contribution in [2.45, 2.75) is 13.3 Å². The van der Waals surface area contributed by atoms with Gasteiger partial charge in [-0.2, -0.15) is 0 Å². The summed E-state index contributed by atoms with van der Waals surface area (Å²) in [5.74, 6) is -1.05. The van der Waals surface area contributed by atoms with Crippen LogP contribution < -0.4 is 10.2 Å². The summed E-state index contributed by atoms with van der Waals surface area (Å²) in [4.78, 5) is 42.2. The number of carbonyl (C=O) groups excluding carboxylic acids is 3. The number of para-hydroxylation sites is 2. The third-order valence-corrected chi connectivity index (χ3v) is 6.67. The molecule has 0 aliphatic carbocycles. The fourth-order valence-electron chi connectivity index (χ4n) is 3.52. The number of rotatable bonds is 5. The van der Waals surface area contributed by atoms with Gasteiger partial charge in [0, 0.05) is 12.1 Å². The molecule has 2 aliphatic heterocycles. The molecule has 158 valence electrons. The highest BCUT2D eigenvalue weighted by Gasteiger charge is 2.42. The lowest BCUT2D eigenvalue weighted by atomic mass is 10.1. The number of benzene rings is 2. The molecule has 2 heterocycles. The van der Waals surface area contributed by atoms with E-state index in [4.69, 9.17) is 23.8 Å². The first-order valence-electron chi connectivity index (χ1n) is 9.66. The van der Waals surface area contributed by atoms with Crippen molar-refractivity contribution in [3.8, 4) is 0 Å². The molecule has 0 bridgehead atoms. The lowest BCUT2D eigenvalue weighted by Gasteiger charge is -2.17. The van der Waals surface area contributed by atoms with Crippen LogP contribution in [0.1, 0.15) is 18.9 Å². The van der Waals surface area contributed by atoms with Crippen LogP contribution in [0, 0.1) is 0 Å². The van der Waals surface area contributed by atoms with Crippen molar-refractivity contribution in [1.29, 1.82) is 0 Å². The van der Waals surface area contributed by atoms with Crippen molar-refractivity contribution in [2.24, 2.45) is 0 Å². The number of amides is 3. The fraction of sp³-hybridized carbons (Fsp3) is 0.182. The van der Waals surface area contributed by atoms with E-state index in [1.165, 1.54) is 9.80 Å². The zero-order chi connectivity index (χ0) is 22.1. The van der Waals surface area contributed by atoms with E-state index in [2.05, 4.69) is 5.32 Å². The van der Waals surface area contributed by atoms with E-state index >= 15 is 0 Å². The van der Waals surface area contributed by atoms with Crippen molar-refractivity contribution in [3.05, 3.63) is 64.0 Å². The molecule has 4 rings (SSSR count). The first-order valence-corrected chi connectivity index (χ1v) is 11.3. The van der Waals surface area contributed by atoms with Crippen LogP contribution in [0.15, 0.2) is 53.4 Å². The van der Waals surface area contributed by atoms with Crippen LogP contribution in [0.25, 0.3) is 5.57 Å². The van der Waals surface area contributed by atoms with Gasteiger partial charge in [-0.1, -0.05) is 72.8 Å². The second-order valence-corrected chi connectivity index (χ2v) is 9.02. The molecule has 31 heavy (non-hydrogen) atoms. The van der Waals surface area contributed by atoms with Gasteiger partial charge in [-0.05, 0) is 24.6 Å². The van der Waals surface area contributed by atoms with Crippen LogP contribution in [-0.2, 0) is 14.4 Å². The number of nitrogens with zero attached hydrogens (tertiary/aromatic N) is 2. The average Bonchev–Trinajstić information content (AvgIpc) is 3.18. The molecule has 2 aromatic carbocycles. The lowest BCUT2D eigenvalue weighted by Crippen LogP contribution is -2.35. The number of fused-ring (bicyclic) bond motifs is 1. The zero-order valence-electron chi connectivity index (χ0n) is 16.6. The van der Waals surface area contributed by atoms with Crippen molar-refractivity contribution in [3.63, 3.8) is 0 Å². The summed E-state index contributed by atoms with van der Waals surface area (Å²) in [7, 11) is 0. The second-order valence-electron chi connectivity index (χ2n) is 6.97. The maximum absolute atomic E-state index is 13.4. The largest absolute Gasteiger partial charge is 0.323 e. The van der Waals surface area contributed by atoms with Gasteiger partial charge in [0.25, 0.3) is 11.8 Å². The predicted octanol–water partition coefficient (Wildman–Crippen LogP) is 4.31. The van der Waals surface area contributed by atoms with Gasteiger partial charge in [0.05, 0.1) is 26.9 Å². The monoisotopic (exact) mass is 471 g/mol. The Labute approximate surface area is 194 Å². The molecule has 0 aromatic heterocycles. The van der Waals surface area contributed by atoms with Crippen LogP contribution in [-0.4, -0.2) is 40.0 Å². The van der Waals surface area contributed by atoms with Crippen LogP contribution in [0.4, 0.5) is 11.4 Å². The zero-order valence-corrected chi connectivity index (χ0v) is 18.9. The minimum Gasteiger partial charge on any atom is -0.323 e. The number of halogens is 1. The maximum atomic E-state index is 13.4. The molecule has 2 aromatic rings. The van der Waals surface area contributed by atoms with Crippen LogP contribution in [0.3, 0.4) is 0 Å². The third-order valence-electron chi connectivity index (χ3n) is 4.90. The number of nitrogens with one attached hydrogen (secondary N) is 1. The van der Waals surface area contributed by atoms with Crippen molar-refractivity contribution in [1.82, 2.24) is 4.90 Å². The standard InChI is InChI=1S/C22H18ClN3O3S2/c1-2-11-25-21(29)19(31-22(25)30)18-13-7-3-6-10-16(13)26(20(18)28)12-17(27)24-15-9-5-4-8-14(15)23/h3-10H,2,11-12H2,1H3,(H,24,27)/b19-18-. The highest BCUT2D eigenvalue weighted by Crippen LogP contribution is 2.44. The molecule has 0 radical (unpaired) electrons. The molecule has 1 N–H and O–H groups in total. The molecule has 0 unspecified atom stereocenters. The van der Waals surface area contributed by atoms with E-state index in [9.17, 15) is 14.4 Å². The number of hydrogen-bond acceptors (Lipinski definition) is 5. The highest BCUT2D eigenvalue weighted by molar-refractivity contribution is 8.26. The third kappa shape index (κ3) is 3.98. The minimum atomic E-state index is -0.396. The molecular weight excluding hydrogens is 454 g/mol. The van der Waals surface area contributed by atoms with E-state index in [0.29, 0.717) is 37.7 Å². The summed E-state index contributed by atoms with van der Waals surface area (Å²) >= 11 is 12.6. The van der Waals surface area contributed by atoms with Crippen LogP contribution in [0.2, 0.25) is 5.02 Å². The van der Waals surface area contributed by atoms with E-state index in [-0.39, 0.29) is 18.0 Å². The van der Waals surface area contributed by atoms with Gasteiger partial charge in [-0.3, -0.25) is 24.2 Å². The Hall–Kier alpha value is -2.68. The molecule has 6 nitrogen and oxygen atoms in total. The van der Waals surface area contributed by atoms with Gasteiger partial charge < -0.3 is 5.32 Å². The van der Waals surface area contributed by atoms with Crippen LogP contribution in [0.5, 0.6) is 0 Å². The summed E-state index contributed by atoms with van der Waals surface area (Å²) in [6.45, 7) is 2.25. The van der Waals surface area contributed by atoms with Gasteiger partial charge in [0.2, 0.25) is 5.91 Å². The van der Waals surface area contributed by atoms with E-state index in [0.717, 1.165) is 18.2 Å². The Morgan fingerprint density at radius 1 is 1.06 bits per heavy atom. The average molecular weight is 472 g/mol. The topological polar surface area (TPSA) is 69.7 Å². The summed E-state index contributed by atoms with van der Waals surface area (Å²) in [5, 5.41) is 3.14. The Morgan fingerprint density at radius 2 is 1.77 bits per heavy atom. The van der Waals surface area contributed by atoms with Gasteiger partial charge in [0.1, 0.15) is 10.9 Å². The smallest absolute Gasteiger partial charge is 0.267 e. The summed E-state index contributed by atoms with van der Waals surface area (Å²) in [5.41, 5.74) is 1.96. The van der Waals surface area contributed by atoms with Crippen molar-refractivity contribution >= 4 is 74.6 Å². The van der Waals surface area contributed by atoms with Gasteiger partial charge in [-0.25, -0.2) is 0 Å². The van der Waals surface area contributed by atoms with Gasteiger partial charge in [0.15, 0.2) is 0 Å². The van der Waals surface area contributed by atoms with Crippen molar-refractivity contribution in [2.75, 3.05) is 23.3 Å². The number of carbonyl (C=O) groups is 3. The van der Waals surface area contributed by atoms with Crippen LogP contribution >= 0.6 is 35.6 Å². The van der Waals surface area contributed by atoms with E-state index in [1.54, 1.807) is 48.5 Å². The SMILES string of the molecule is CCCN1C(=O)/C(=C2/C(=O)N(CC(=O)Nc3ccccc3Cl)c3ccccc32)SC1=S. The fourth-order valence-corrected chi connectivity index (χ4v) is 5.08. The molecule has 1 saturated heterocycles. The second kappa shape index (κ2) is 8.82. The van der Waals surface area contributed by atoms with Crippen molar-refractivity contribution < 1.29 is 14.4 Å². The molecule has 3 amide bonds. The molecule has 9 heteroatoms. The van der Waals surface area contributed by atoms with Gasteiger partial charge >= 0.3 is 0 Å². The summed E-state index contributed by atoms with van der Waals surface area (Å²) in [6.07, 6.45) is 0.758. The maximum Gasteiger partial charge on any atom is 0.267 e. The predicted molar refractivity (Wildman–Crippen MR) is 128 cm³/mol. The minimum absolute atomic E-state index is 0.209. The Morgan fingerprint density at radius 3 is 2.52 bits per heavy atom. The first kappa shape index (κ1) is 21.5. The molecular formula is C22H18ClN3O3S2. The number of hydrogen-bond donors (Lipinski definition) is 1. The Kier molecular flexibility index (Phi) is 6.13. The van der Waals surface area contributed by atoms with Gasteiger partial charge in [-0.15, -0.1) is 0 Å².